The summed E-state index contributed by atoms with van der Waals surface area (Å²) in [4.78, 5) is 0. The van der Waals surface area contributed by atoms with Gasteiger partial charge in [-0.3, -0.25) is 0 Å². The van der Waals surface area contributed by atoms with E-state index in [1.54, 1.807) is 37.3 Å². The first kappa shape index (κ1) is 14.3. The molecule has 2 rings (SSSR count). The first-order valence-corrected chi connectivity index (χ1v) is 6.61. The lowest BCUT2D eigenvalue weighted by atomic mass is 10.00. The predicted octanol–water partition coefficient (Wildman–Crippen LogP) is 4.72. The van der Waals surface area contributed by atoms with E-state index in [-0.39, 0.29) is 12.0 Å². The zero-order valence-corrected chi connectivity index (χ0v) is 11.8. The Kier molecular flexibility index (Phi) is 4.46. The van der Waals surface area contributed by atoms with Crippen LogP contribution in [0.1, 0.15) is 22.8 Å². The zero-order valence-electron chi connectivity index (χ0n) is 10.3. The summed E-state index contributed by atoms with van der Waals surface area (Å²) in [6, 6.07) is 9.86. The first-order chi connectivity index (χ1) is 8.99. The lowest BCUT2D eigenvalue weighted by molar-refractivity contribution is 0.173. The van der Waals surface area contributed by atoms with Crippen molar-refractivity contribution in [1.29, 1.82) is 0 Å². The maximum atomic E-state index is 13.8. The molecule has 2 aromatic rings. The highest BCUT2D eigenvalue weighted by Gasteiger charge is 2.16. The number of rotatable bonds is 3. The first-order valence-electron chi connectivity index (χ1n) is 5.86. The minimum Gasteiger partial charge on any atom is -0.388 e. The fraction of sp³-hybridized carbons (Fsp3) is 0.200. The number of halogens is 3. The molecular formula is C15H13Cl2FO. The Morgan fingerprint density at radius 3 is 2.37 bits per heavy atom. The third-order valence-electron chi connectivity index (χ3n) is 2.97. The van der Waals surface area contributed by atoms with E-state index in [9.17, 15) is 9.50 Å². The van der Waals surface area contributed by atoms with Crippen molar-refractivity contribution in [3.63, 3.8) is 0 Å². The largest absolute Gasteiger partial charge is 0.388 e. The van der Waals surface area contributed by atoms with Crippen molar-refractivity contribution in [2.75, 3.05) is 0 Å². The smallest absolute Gasteiger partial charge is 0.129 e. The van der Waals surface area contributed by atoms with E-state index in [2.05, 4.69) is 0 Å². The van der Waals surface area contributed by atoms with Crippen molar-refractivity contribution in [1.82, 2.24) is 0 Å². The van der Waals surface area contributed by atoms with Crippen LogP contribution in [0.5, 0.6) is 0 Å². The third-order valence-corrected chi connectivity index (χ3v) is 3.68. The van der Waals surface area contributed by atoms with Gasteiger partial charge in [-0.2, -0.15) is 0 Å². The number of aliphatic hydroxyl groups excluding tert-OH is 1. The number of aliphatic hydroxyl groups is 1. The van der Waals surface area contributed by atoms with Gasteiger partial charge in [0.15, 0.2) is 0 Å². The van der Waals surface area contributed by atoms with Crippen LogP contribution in [0.25, 0.3) is 0 Å². The summed E-state index contributed by atoms with van der Waals surface area (Å²) in [7, 11) is 0. The molecule has 4 heteroatoms. The second kappa shape index (κ2) is 5.91. The molecule has 1 nitrogen and oxygen atoms in total. The molecule has 0 aromatic heterocycles. The zero-order chi connectivity index (χ0) is 14.0. The van der Waals surface area contributed by atoms with Crippen molar-refractivity contribution in [3.05, 3.63) is 69.0 Å². The van der Waals surface area contributed by atoms with Crippen LogP contribution in [0.15, 0.2) is 36.4 Å². The van der Waals surface area contributed by atoms with Crippen molar-refractivity contribution in [3.8, 4) is 0 Å². The molecule has 0 bridgehead atoms. The molecule has 1 unspecified atom stereocenters. The van der Waals surface area contributed by atoms with E-state index in [0.29, 0.717) is 15.6 Å². The molecule has 0 aliphatic carbocycles. The molecule has 1 atom stereocenters. The van der Waals surface area contributed by atoms with E-state index < -0.39 is 11.9 Å². The van der Waals surface area contributed by atoms with Gasteiger partial charge in [0.1, 0.15) is 5.82 Å². The summed E-state index contributed by atoms with van der Waals surface area (Å²) in [6.07, 6.45) is -0.795. The van der Waals surface area contributed by atoms with Crippen LogP contribution in [-0.2, 0) is 6.42 Å². The van der Waals surface area contributed by atoms with Crippen LogP contribution in [0.2, 0.25) is 10.0 Å². The molecular weight excluding hydrogens is 286 g/mol. The number of hydrogen-bond donors (Lipinski definition) is 1. The monoisotopic (exact) mass is 298 g/mol. The van der Waals surface area contributed by atoms with Crippen LogP contribution in [0.3, 0.4) is 0 Å². The van der Waals surface area contributed by atoms with Gasteiger partial charge in [0.05, 0.1) is 6.10 Å². The van der Waals surface area contributed by atoms with Crippen LogP contribution in [0, 0.1) is 12.7 Å². The van der Waals surface area contributed by atoms with E-state index in [1.807, 2.05) is 0 Å². The Labute approximate surface area is 121 Å². The quantitative estimate of drug-likeness (QED) is 0.869. The lowest BCUT2D eigenvalue weighted by Crippen LogP contribution is -2.05. The molecule has 0 fully saturated rings. The minimum atomic E-state index is -0.974. The maximum Gasteiger partial charge on any atom is 0.129 e. The molecule has 0 spiro atoms. The Hall–Kier alpha value is -1.09. The summed E-state index contributed by atoms with van der Waals surface area (Å²) in [5.74, 6) is -0.421. The van der Waals surface area contributed by atoms with Crippen LogP contribution in [-0.4, -0.2) is 5.11 Å². The Bertz CT molecular complexity index is 578. The van der Waals surface area contributed by atoms with Crippen LogP contribution in [0.4, 0.5) is 4.39 Å². The van der Waals surface area contributed by atoms with Gasteiger partial charge in [0, 0.05) is 22.0 Å². The van der Waals surface area contributed by atoms with E-state index in [4.69, 9.17) is 23.2 Å². The molecule has 0 aliphatic rings. The average molecular weight is 299 g/mol. The average Bonchev–Trinajstić information content (AvgIpc) is 2.33. The second-order valence-electron chi connectivity index (χ2n) is 4.45. The summed E-state index contributed by atoms with van der Waals surface area (Å²) >= 11 is 12.1. The van der Waals surface area contributed by atoms with Crippen LogP contribution < -0.4 is 0 Å². The highest BCUT2D eigenvalue weighted by atomic mass is 35.5. The van der Waals surface area contributed by atoms with Gasteiger partial charge >= 0.3 is 0 Å². The Morgan fingerprint density at radius 2 is 1.79 bits per heavy atom. The summed E-state index contributed by atoms with van der Waals surface area (Å²) < 4.78 is 13.8. The van der Waals surface area contributed by atoms with Gasteiger partial charge in [-0.15, -0.1) is 0 Å². The molecule has 0 aliphatic heterocycles. The molecule has 1 N–H and O–H groups in total. The number of aryl methyl sites for hydroxylation is 1. The van der Waals surface area contributed by atoms with Gasteiger partial charge < -0.3 is 5.11 Å². The van der Waals surface area contributed by atoms with Gasteiger partial charge in [0.25, 0.3) is 0 Å². The molecule has 0 amide bonds. The van der Waals surface area contributed by atoms with Crippen molar-refractivity contribution in [2.24, 2.45) is 0 Å². The highest BCUT2D eigenvalue weighted by molar-refractivity contribution is 6.35. The molecule has 0 saturated heterocycles. The summed E-state index contributed by atoms with van der Waals surface area (Å²) in [5, 5.41) is 11.1. The number of benzene rings is 2. The van der Waals surface area contributed by atoms with Gasteiger partial charge in [0.2, 0.25) is 0 Å². The lowest BCUT2D eigenvalue weighted by Gasteiger charge is -2.14. The van der Waals surface area contributed by atoms with Crippen molar-refractivity contribution < 1.29 is 9.50 Å². The van der Waals surface area contributed by atoms with Crippen LogP contribution >= 0.6 is 23.2 Å². The summed E-state index contributed by atoms with van der Waals surface area (Å²) in [6.45, 7) is 1.80. The number of hydrogen-bond acceptors (Lipinski definition) is 1. The third kappa shape index (κ3) is 3.27. The minimum absolute atomic E-state index is 0.179. The highest BCUT2D eigenvalue weighted by Crippen LogP contribution is 2.30. The van der Waals surface area contributed by atoms with E-state index in [0.717, 1.165) is 5.56 Å². The SMILES string of the molecule is Cc1ccc(C(O)Cc2c(Cl)cccc2Cl)c(F)c1. The van der Waals surface area contributed by atoms with Gasteiger partial charge in [-0.05, 0) is 36.2 Å². The van der Waals surface area contributed by atoms with E-state index in [1.165, 1.54) is 6.07 Å². The molecule has 0 radical (unpaired) electrons. The normalized spacial score (nSPS) is 12.5. The van der Waals surface area contributed by atoms with Gasteiger partial charge in [-0.1, -0.05) is 41.4 Å². The predicted molar refractivity (Wildman–Crippen MR) is 76.3 cm³/mol. The van der Waals surface area contributed by atoms with Crippen molar-refractivity contribution >= 4 is 23.2 Å². The maximum absolute atomic E-state index is 13.8. The standard InChI is InChI=1S/C15H13Cl2FO/c1-9-5-6-10(14(18)7-9)15(19)8-11-12(16)3-2-4-13(11)17/h2-7,15,19H,8H2,1H3. The fourth-order valence-corrected chi connectivity index (χ4v) is 2.48. The molecule has 0 saturated carbocycles. The van der Waals surface area contributed by atoms with Gasteiger partial charge in [-0.25, -0.2) is 4.39 Å². The van der Waals surface area contributed by atoms with Crippen molar-refractivity contribution in [2.45, 2.75) is 19.4 Å². The fourth-order valence-electron chi connectivity index (χ4n) is 1.93. The summed E-state index contributed by atoms with van der Waals surface area (Å²) in [5.41, 5.74) is 1.68. The topological polar surface area (TPSA) is 20.2 Å². The second-order valence-corrected chi connectivity index (χ2v) is 5.26. The molecule has 2 aromatic carbocycles. The Morgan fingerprint density at radius 1 is 1.16 bits per heavy atom. The van der Waals surface area contributed by atoms with E-state index >= 15 is 0 Å². The molecule has 19 heavy (non-hydrogen) atoms. The molecule has 100 valence electrons. The Balaban J connectivity index is 2.28. The molecule has 0 heterocycles.